The van der Waals surface area contributed by atoms with E-state index in [4.69, 9.17) is 9.47 Å². The van der Waals surface area contributed by atoms with Crippen molar-refractivity contribution in [2.75, 3.05) is 105 Å². The van der Waals surface area contributed by atoms with Gasteiger partial charge < -0.3 is 19.7 Å². The van der Waals surface area contributed by atoms with Gasteiger partial charge in [0, 0.05) is 115 Å². The Morgan fingerprint density at radius 2 is 0.901 bits per heavy atom. The minimum atomic E-state index is -0.302. The summed E-state index contributed by atoms with van der Waals surface area (Å²) < 4.78 is 11.9. The predicted molar refractivity (Wildman–Crippen MR) is 282 cm³/mol. The van der Waals surface area contributed by atoms with Crippen LogP contribution in [0.2, 0.25) is 0 Å². The molecular weight excluding hydrogens is 889 g/mol. The number of piperazine rings is 2. The zero-order valence-corrected chi connectivity index (χ0v) is 41.4. The van der Waals surface area contributed by atoms with E-state index in [1.54, 1.807) is 18.7 Å². The first-order valence-electron chi connectivity index (χ1n) is 25.7. The lowest BCUT2D eigenvalue weighted by atomic mass is 9.75. The van der Waals surface area contributed by atoms with Crippen LogP contribution in [0.5, 0.6) is 0 Å². The molecule has 4 aliphatic rings. The molecule has 2 heterocycles. The van der Waals surface area contributed by atoms with Crippen LogP contribution >= 0.6 is 0 Å². The first kappa shape index (κ1) is 51.2. The van der Waals surface area contributed by atoms with Crippen molar-refractivity contribution in [3.8, 4) is 0 Å². The van der Waals surface area contributed by atoms with Crippen LogP contribution < -0.4 is 0 Å². The van der Waals surface area contributed by atoms with Crippen molar-refractivity contribution in [3.63, 3.8) is 0 Å². The Morgan fingerprint density at radius 3 is 1.31 bits per heavy atom. The number of rotatable bonds is 22. The van der Waals surface area contributed by atoms with E-state index in [2.05, 4.69) is 53.8 Å². The van der Waals surface area contributed by atoms with E-state index in [-0.39, 0.29) is 46.8 Å². The van der Waals surface area contributed by atoms with E-state index in [1.165, 1.54) is 0 Å². The van der Waals surface area contributed by atoms with Gasteiger partial charge in [-0.3, -0.25) is 39.2 Å². The molecule has 0 bridgehead atoms. The molecule has 0 aromatic heterocycles. The molecule has 4 aromatic rings. The van der Waals surface area contributed by atoms with Crippen LogP contribution in [-0.2, 0) is 31.9 Å². The van der Waals surface area contributed by atoms with Gasteiger partial charge in [-0.05, 0) is 54.9 Å². The summed E-state index contributed by atoms with van der Waals surface area (Å²) in [6, 6.07) is 40.1. The third kappa shape index (κ3) is 14.7. The quantitative estimate of drug-likeness (QED) is 0.0453. The maximum atomic E-state index is 13.7. The van der Waals surface area contributed by atoms with Gasteiger partial charge in [0.05, 0.1) is 24.2 Å². The number of carbonyl (C=O) groups is 2. The molecule has 0 unspecified atom stereocenters. The molecule has 2 aliphatic carbocycles. The molecule has 0 radical (unpaired) electrons. The molecule has 2 saturated heterocycles. The molecule has 12 nitrogen and oxygen atoms in total. The van der Waals surface area contributed by atoms with Crippen molar-refractivity contribution in [1.82, 2.24) is 19.6 Å². The second kappa shape index (κ2) is 26.3. The summed E-state index contributed by atoms with van der Waals surface area (Å²) in [5, 5.41) is 22.7. The molecule has 2 fully saturated rings. The van der Waals surface area contributed by atoms with Crippen LogP contribution in [0.4, 0.5) is 0 Å². The summed E-state index contributed by atoms with van der Waals surface area (Å²) in [4.78, 5) is 46.4. The molecule has 374 valence electrons. The van der Waals surface area contributed by atoms with Gasteiger partial charge in [0.2, 0.25) is 0 Å². The number of nitrogens with zero attached hydrogens (tertiary/aromatic N) is 6. The highest BCUT2D eigenvalue weighted by Gasteiger charge is 2.37. The van der Waals surface area contributed by atoms with Gasteiger partial charge in [0.15, 0.2) is 11.6 Å². The zero-order valence-electron chi connectivity index (χ0n) is 41.4. The highest BCUT2D eigenvalue weighted by atomic mass is 16.5. The summed E-state index contributed by atoms with van der Waals surface area (Å²) in [5.74, 6) is 0.0726. The Kier molecular flexibility index (Phi) is 19.0. The number of ether oxygens (including phenoxy) is 2. The number of hydrogen-bond donors (Lipinski definition) is 2. The molecule has 4 aromatic carbocycles. The van der Waals surface area contributed by atoms with E-state index >= 15 is 0 Å². The van der Waals surface area contributed by atoms with Gasteiger partial charge in [0.25, 0.3) is 0 Å². The molecule has 8 rings (SSSR count). The fraction of sp³-hybridized carbons (Fsp3) is 0.424. The molecular formula is C59H72N6O6. The van der Waals surface area contributed by atoms with Crippen molar-refractivity contribution in [1.29, 1.82) is 0 Å². The lowest BCUT2D eigenvalue weighted by molar-refractivity contribution is -0.118. The number of carbonyl (C=O) groups excluding carboxylic acids is 2. The number of allylic oxidation sites excluding steroid dienone is 5. The Morgan fingerprint density at radius 1 is 0.535 bits per heavy atom. The minimum Gasteiger partial charge on any atom is -0.511 e. The lowest BCUT2D eigenvalue weighted by Crippen LogP contribution is -2.47. The summed E-state index contributed by atoms with van der Waals surface area (Å²) >= 11 is 0. The van der Waals surface area contributed by atoms with Crippen LogP contribution in [0.25, 0.3) is 0 Å². The van der Waals surface area contributed by atoms with Crippen LogP contribution in [-0.4, -0.2) is 159 Å². The van der Waals surface area contributed by atoms with Crippen molar-refractivity contribution in [2.24, 2.45) is 21.8 Å². The summed E-state index contributed by atoms with van der Waals surface area (Å²) in [6.07, 6.45) is 7.47. The molecule has 71 heavy (non-hydrogen) atoms. The van der Waals surface area contributed by atoms with E-state index in [0.29, 0.717) is 63.1 Å². The normalized spacial score (nSPS) is 22.5. The average molecular weight is 961 g/mol. The smallest absolute Gasteiger partial charge is 0.175 e. The van der Waals surface area contributed by atoms with E-state index in [0.717, 1.165) is 107 Å². The Balaban J connectivity index is 0.688. The first-order chi connectivity index (χ1) is 34.8. The molecule has 0 spiro atoms. The third-order valence-corrected chi connectivity index (χ3v) is 14.6. The number of ketones is 2. The lowest BCUT2D eigenvalue weighted by Gasteiger charge is -2.34. The highest BCUT2D eigenvalue weighted by molar-refractivity contribution is 6.17. The average Bonchev–Trinajstić information content (AvgIpc) is 3.40. The topological polar surface area (TPSA) is 131 Å². The van der Waals surface area contributed by atoms with Crippen LogP contribution in [0.1, 0.15) is 53.9 Å². The first-order valence-corrected chi connectivity index (χ1v) is 25.7. The van der Waals surface area contributed by atoms with E-state index in [1.807, 2.05) is 104 Å². The van der Waals surface area contributed by atoms with Crippen molar-refractivity contribution in [3.05, 3.63) is 178 Å². The Bertz CT molecular complexity index is 2460. The Hall–Kier alpha value is -6.18. The number of benzene rings is 4. The molecule has 12 heteroatoms. The second-order valence-corrected chi connectivity index (χ2v) is 19.4. The molecule has 0 saturated carbocycles. The maximum Gasteiger partial charge on any atom is 0.175 e. The van der Waals surface area contributed by atoms with Gasteiger partial charge >= 0.3 is 0 Å². The molecule has 2 N–H and O–H groups in total. The van der Waals surface area contributed by atoms with Crippen LogP contribution in [0.15, 0.2) is 166 Å². The SMILES string of the molecule is C/C(=C\OCCN1CCN(CCN=CC2=C(O)[C@@H](Cc3ccccc3)C[C@@H](c3ccccc3)C2=O)CC1)OCCN1CCN(CCN=CC2=C(O)[C@@H](Cc3ccccc3)C[C@@H](c3ccccc3)C2=O)CC1. The summed E-state index contributed by atoms with van der Waals surface area (Å²) in [6.45, 7) is 15.1. The monoisotopic (exact) mass is 961 g/mol. The van der Waals surface area contributed by atoms with E-state index < -0.39 is 0 Å². The van der Waals surface area contributed by atoms with Crippen LogP contribution in [0, 0.1) is 11.8 Å². The summed E-state index contributed by atoms with van der Waals surface area (Å²) in [7, 11) is 0. The Labute approximate surface area is 420 Å². The largest absolute Gasteiger partial charge is 0.511 e. The number of aliphatic hydroxyl groups is 2. The number of aliphatic hydroxyl groups excluding tert-OH is 2. The van der Waals surface area contributed by atoms with Gasteiger partial charge in [-0.25, -0.2) is 0 Å². The van der Waals surface area contributed by atoms with Gasteiger partial charge in [-0.1, -0.05) is 121 Å². The van der Waals surface area contributed by atoms with Gasteiger partial charge in [0.1, 0.15) is 36.8 Å². The number of Topliss-reactive ketones (excluding diaryl/α,β-unsaturated/α-hetero) is 2. The number of hydrogen-bond acceptors (Lipinski definition) is 12. The third-order valence-electron chi connectivity index (χ3n) is 14.6. The van der Waals surface area contributed by atoms with Gasteiger partial charge in [-0.2, -0.15) is 0 Å². The van der Waals surface area contributed by atoms with Gasteiger partial charge in [-0.15, -0.1) is 0 Å². The number of aliphatic imine (C=N–C) groups is 2. The minimum absolute atomic E-state index is 0.0567. The van der Waals surface area contributed by atoms with Crippen molar-refractivity contribution in [2.45, 2.75) is 44.4 Å². The fourth-order valence-electron chi connectivity index (χ4n) is 10.3. The fourth-order valence-corrected chi connectivity index (χ4v) is 10.3. The van der Waals surface area contributed by atoms with E-state index in [9.17, 15) is 19.8 Å². The zero-order chi connectivity index (χ0) is 49.2. The molecule has 0 amide bonds. The molecule has 2 aliphatic heterocycles. The van der Waals surface area contributed by atoms with Crippen LogP contribution in [0.3, 0.4) is 0 Å². The van der Waals surface area contributed by atoms with Crippen molar-refractivity contribution >= 4 is 24.0 Å². The second-order valence-electron chi connectivity index (χ2n) is 19.4. The maximum absolute atomic E-state index is 13.7. The predicted octanol–water partition coefficient (Wildman–Crippen LogP) is 8.11. The van der Waals surface area contributed by atoms with Crippen molar-refractivity contribution < 1.29 is 29.3 Å². The highest BCUT2D eigenvalue weighted by Crippen LogP contribution is 2.39. The summed E-state index contributed by atoms with van der Waals surface area (Å²) in [5.41, 5.74) is 4.93. The standard InChI is InChI=1S/C59H72N6O6/c1-45(71-37-35-65-32-28-63(29-33-65)25-23-61-43-55-57(67)51(39-47-16-8-3-9-17-47)41-53(59(55)69)49-20-12-5-13-21-49)44-70-36-34-64-30-26-62(27-31-64)24-22-60-42-54-56(66)50(38-46-14-6-2-7-15-46)40-52(58(54)68)48-18-10-4-11-19-48/h2-21,42-44,50-53,66-67H,22-41H2,1H3/b45-44+,60-42?,61-43?/t50-,51-,52-,53-/m0/s1. The molecule has 4 atom stereocenters.